The van der Waals surface area contributed by atoms with E-state index in [2.05, 4.69) is 34.4 Å². The third-order valence-corrected chi connectivity index (χ3v) is 4.04. The molecule has 1 heterocycles. The molecule has 1 aliphatic heterocycles. The highest BCUT2D eigenvalue weighted by Gasteiger charge is 2.09. The van der Waals surface area contributed by atoms with E-state index in [0.717, 1.165) is 57.3 Å². The van der Waals surface area contributed by atoms with E-state index >= 15 is 0 Å². The number of non-ortho nitro benzene ring substituents is 1. The third-order valence-electron chi connectivity index (χ3n) is 4.04. The van der Waals surface area contributed by atoms with Crippen LogP contribution in [-0.4, -0.2) is 61.2 Å². The summed E-state index contributed by atoms with van der Waals surface area (Å²) >= 11 is 0. The van der Waals surface area contributed by atoms with E-state index in [4.69, 9.17) is 4.74 Å². The van der Waals surface area contributed by atoms with Gasteiger partial charge in [-0.25, -0.2) is 4.99 Å². The van der Waals surface area contributed by atoms with Gasteiger partial charge in [0.2, 0.25) is 0 Å². The molecule has 0 spiro atoms. The van der Waals surface area contributed by atoms with Crippen molar-refractivity contribution in [2.24, 2.45) is 4.99 Å². The van der Waals surface area contributed by atoms with Gasteiger partial charge in [-0.2, -0.15) is 0 Å². The molecular weight excluding hydrogens is 461 g/mol. The van der Waals surface area contributed by atoms with Gasteiger partial charge in [0, 0.05) is 37.8 Å². The maximum absolute atomic E-state index is 10.7. The zero-order valence-electron chi connectivity index (χ0n) is 16.0. The molecule has 2 rings (SSSR count). The lowest BCUT2D eigenvalue weighted by Gasteiger charge is -2.26. The van der Waals surface area contributed by atoms with Crippen LogP contribution in [0.3, 0.4) is 0 Å². The van der Waals surface area contributed by atoms with Crippen LogP contribution >= 0.6 is 24.0 Å². The number of hydrogen-bond acceptors (Lipinski definition) is 5. The average molecular weight is 491 g/mol. The van der Waals surface area contributed by atoms with Gasteiger partial charge >= 0.3 is 0 Å². The lowest BCUT2D eigenvalue weighted by molar-refractivity contribution is -0.384. The van der Waals surface area contributed by atoms with E-state index in [1.54, 1.807) is 12.1 Å². The van der Waals surface area contributed by atoms with Crippen molar-refractivity contribution in [2.45, 2.75) is 32.9 Å². The molecule has 0 atom stereocenters. The van der Waals surface area contributed by atoms with E-state index in [1.165, 1.54) is 12.1 Å². The number of aliphatic imine (C=N–C) groups is 1. The van der Waals surface area contributed by atoms with E-state index in [1.807, 2.05) is 0 Å². The van der Waals surface area contributed by atoms with Crippen molar-refractivity contribution in [3.8, 4) is 0 Å². The molecule has 0 aromatic heterocycles. The summed E-state index contributed by atoms with van der Waals surface area (Å²) in [4.78, 5) is 17.3. The molecule has 0 aliphatic carbocycles. The minimum absolute atomic E-state index is 0. The van der Waals surface area contributed by atoms with Crippen molar-refractivity contribution < 1.29 is 9.66 Å². The maximum Gasteiger partial charge on any atom is 0.269 e. The number of nitro benzene ring substituents is 1. The van der Waals surface area contributed by atoms with E-state index in [0.29, 0.717) is 6.54 Å². The second-order valence-corrected chi connectivity index (χ2v) is 6.62. The smallest absolute Gasteiger partial charge is 0.269 e. The number of rotatable bonds is 8. The number of benzene rings is 1. The molecule has 152 valence electrons. The summed E-state index contributed by atoms with van der Waals surface area (Å²) in [5.74, 6) is 0.764. The first kappa shape index (κ1) is 23.6. The molecular formula is C18H30IN5O3. The van der Waals surface area contributed by atoms with Crippen LogP contribution < -0.4 is 10.6 Å². The molecule has 8 nitrogen and oxygen atoms in total. The summed E-state index contributed by atoms with van der Waals surface area (Å²) in [6.45, 7) is 10.2. The van der Waals surface area contributed by atoms with E-state index < -0.39 is 4.92 Å². The Labute approximate surface area is 177 Å². The molecule has 1 aromatic carbocycles. The van der Waals surface area contributed by atoms with Crippen LogP contribution in [0, 0.1) is 10.1 Å². The fraction of sp³-hybridized carbons (Fsp3) is 0.611. The average Bonchev–Trinajstić information content (AvgIpc) is 2.64. The Morgan fingerprint density at radius 2 is 1.96 bits per heavy atom. The van der Waals surface area contributed by atoms with Crippen LogP contribution in [0.15, 0.2) is 29.3 Å². The van der Waals surface area contributed by atoms with Crippen LogP contribution in [0.1, 0.15) is 25.8 Å². The van der Waals surface area contributed by atoms with Gasteiger partial charge in [0.15, 0.2) is 5.96 Å². The SMILES string of the molecule is CC(C)NC(=NCc1ccc([N+](=O)[O-])cc1)NCCCN1CCOCC1.I. The molecule has 27 heavy (non-hydrogen) atoms. The van der Waals surface area contributed by atoms with Crippen LogP contribution in [-0.2, 0) is 11.3 Å². The maximum atomic E-state index is 10.7. The normalized spacial score (nSPS) is 15.3. The quantitative estimate of drug-likeness (QED) is 0.145. The number of nitrogens with zero attached hydrogens (tertiary/aromatic N) is 3. The van der Waals surface area contributed by atoms with Gasteiger partial charge in [0.1, 0.15) is 0 Å². The Balaban J connectivity index is 0.00000364. The summed E-state index contributed by atoms with van der Waals surface area (Å²) in [6, 6.07) is 6.78. The zero-order chi connectivity index (χ0) is 18.8. The summed E-state index contributed by atoms with van der Waals surface area (Å²) < 4.78 is 5.36. The van der Waals surface area contributed by atoms with Gasteiger partial charge in [-0.15, -0.1) is 24.0 Å². The number of morpholine rings is 1. The standard InChI is InChI=1S/C18H29N5O3.HI/c1-15(2)21-18(19-8-3-9-22-10-12-26-13-11-22)20-14-16-4-6-17(7-5-16)23(24)25;/h4-7,15H,3,8-14H2,1-2H3,(H2,19,20,21);1H. The van der Waals surface area contributed by atoms with Crippen LogP contribution in [0.5, 0.6) is 0 Å². The lowest BCUT2D eigenvalue weighted by atomic mass is 10.2. The Hall–Kier alpha value is -1.46. The molecule has 2 N–H and O–H groups in total. The number of nitrogens with one attached hydrogen (secondary N) is 2. The minimum Gasteiger partial charge on any atom is -0.379 e. The van der Waals surface area contributed by atoms with Crippen LogP contribution in [0.25, 0.3) is 0 Å². The van der Waals surface area contributed by atoms with Gasteiger partial charge < -0.3 is 15.4 Å². The predicted octanol–water partition coefficient (Wildman–Crippen LogP) is 2.38. The second-order valence-electron chi connectivity index (χ2n) is 6.62. The van der Waals surface area contributed by atoms with Crippen molar-refractivity contribution >= 4 is 35.6 Å². The van der Waals surface area contributed by atoms with E-state index in [9.17, 15) is 10.1 Å². The number of nitro groups is 1. The number of halogens is 1. The molecule has 0 bridgehead atoms. The van der Waals surface area contributed by atoms with Gasteiger partial charge in [-0.05, 0) is 32.4 Å². The van der Waals surface area contributed by atoms with Gasteiger partial charge in [0.05, 0.1) is 24.7 Å². The fourth-order valence-electron chi connectivity index (χ4n) is 2.65. The highest BCUT2D eigenvalue weighted by molar-refractivity contribution is 14.0. The first-order valence-corrected chi connectivity index (χ1v) is 9.13. The summed E-state index contributed by atoms with van der Waals surface area (Å²) in [7, 11) is 0. The highest BCUT2D eigenvalue weighted by atomic mass is 127. The molecule has 0 radical (unpaired) electrons. The number of hydrogen-bond donors (Lipinski definition) is 2. The summed E-state index contributed by atoms with van der Waals surface area (Å²) in [5, 5.41) is 17.4. The predicted molar refractivity (Wildman–Crippen MR) is 118 cm³/mol. The van der Waals surface area contributed by atoms with Gasteiger partial charge in [0.25, 0.3) is 5.69 Å². The van der Waals surface area contributed by atoms with Crippen LogP contribution in [0.2, 0.25) is 0 Å². The summed E-state index contributed by atoms with van der Waals surface area (Å²) in [5.41, 5.74) is 1.04. The van der Waals surface area contributed by atoms with Gasteiger partial charge in [-0.3, -0.25) is 15.0 Å². The Kier molecular flexibility index (Phi) is 11.2. The van der Waals surface area contributed by atoms with Crippen molar-refractivity contribution in [3.05, 3.63) is 39.9 Å². The lowest BCUT2D eigenvalue weighted by Crippen LogP contribution is -2.43. The molecule has 0 amide bonds. The first-order valence-electron chi connectivity index (χ1n) is 9.13. The van der Waals surface area contributed by atoms with Crippen LogP contribution in [0.4, 0.5) is 5.69 Å². The molecule has 0 unspecified atom stereocenters. The fourth-order valence-corrected chi connectivity index (χ4v) is 2.65. The minimum atomic E-state index is -0.394. The molecule has 0 saturated carbocycles. The topological polar surface area (TPSA) is 92.0 Å². The number of guanidine groups is 1. The van der Waals surface area contributed by atoms with Crippen molar-refractivity contribution in [1.29, 1.82) is 0 Å². The molecule has 1 saturated heterocycles. The highest BCUT2D eigenvalue weighted by Crippen LogP contribution is 2.12. The van der Waals surface area contributed by atoms with Crippen molar-refractivity contribution in [2.75, 3.05) is 39.4 Å². The molecule has 9 heteroatoms. The second kappa shape index (κ2) is 12.8. The molecule has 1 fully saturated rings. The van der Waals surface area contributed by atoms with E-state index in [-0.39, 0.29) is 35.7 Å². The van der Waals surface area contributed by atoms with Gasteiger partial charge in [-0.1, -0.05) is 12.1 Å². The molecule has 1 aliphatic rings. The third kappa shape index (κ3) is 9.34. The number of ether oxygens (including phenoxy) is 1. The monoisotopic (exact) mass is 491 g/mol. The Morgan fingerprint density at radius 1 is 1.30 bits per heavy atom. The summed E-state index contributed by atoms with van der Waals surface area (Å²) in [6.07, 6.45) is 1.04. The van der Waals surface area contributed by atoms with Crippen molar-refractivity contribution in [3.63, 3.8) is 0 Å². The Bertz CT molecular complexity index is 589. The molecule has 1 aromatic rings. The first-order chi connectivity index (χ1) is 12.5. The Morgan fingerprint density at radius 3 is 2.56 bits per heavy atom. The zero-order valence-corrected chi connectivity index (χ0v) is 18.3. The van der Waals surface area contributed by atoms with Crippen molar-refractivity contribution in [1.82, 2.24) is 15.5 Å². The largest absolute Gasteiger partial charge is 0.379 e.